The normalized spacial score (nSPS) is 11.4. The van der Waals surface area contributed by atoms with Crippen molar-refractivity contribution in [2.45, 2.75) is 30.4 Å². The Hall–Kier alpha value is -2.41. The molecule has 0 aromatic heterocycles. The van der Waals surface area contributed by atoms with E-state index in [1.54, 1.807) is 44.2 Å². The zero-order valence-corrected chi connectivity index (χ0v) is 14.9. The first-order valence-corrected chi connectivity index (χ1v) is 9.47. The van der Waals surface area contributed by atoms with Crippen molar-refractivity contribution in [3.8, 4) is 0 Å². The molecule has 0 spiro atoms. The number of hydrogen-bond acceptors (Lipinski definition) is 3. The van der Waals surface area contributed by atoms with E-state index >= 15 is 0 Å². The fourth-order valence-corrected chi connectivity index (χ4v) is 3.41. The van der Waals surface area contributed by atoms with Gasteiger partial charge in [0, 0.05) is 6.54 Å². The molecule has 0 saturated heterocycles. The second-order valence-electron chi connectivity index (χ2n) is 5.85. The van der Waals surface area contributed by atoms with E-state index in [1.807, 2.05) is 0 Å². The minimum Gasteiger partial charge on any atom is -0.338 e. The van der Waals surface area contributed by atoms with Gasteiger partial charge < -0.3 is 10.6 Å². The third-order valence-corrected chi connectivity index (χ3v) is 5.89. The van der Waals surface area contributed by atoms with Gasteiger partial charge in [-0.15, -0.1) is 0 Å². The number of carbonyl (C=O) groups excluding carboxylic acids is 1. The van der Waals surface area contributed by atoms with E-state index in [1.165, 1.54) is 18.2 Å². The van der Waals surface area contributed by atoms with Crippen LogP contribution in [0.25, 0.3) is 0 Å². The minimum atomic E-state index is -3.50. The number of halogens is 1. The monoisotopic (exact) mass is 364 g/mol. The quantitative estimate of drug-likeness (QED) is 0.825. The average Bonchev–Trinajstić information content (AvgIpc) is 2.57. The van der Waals surface area contributed by atoms with Gasteiger partial charge in [0.1, 0.15) is 5.82 Å². The highest BCUT2D eigenvalue weighted by atomic mass is 32.2. The van der Waals surface area contributed by atoms with Crippen LogP contribution in [0.2, 0.25) is 0 Å². The molecule has 2 aromatic rings. The SMILES string of the molecule is CC(C)S(=O)(=O)c1ccccc1NC(=O)NCCc1ccc(F)cc1. The first-order valence-electron chi connectivity index (χ1n) is 7.93. The Morgan fingerprint density at radius 2 is 1.72 bits per heavy atom. The van der Waals surface area contributed by atoms with E-state index in [2.05, 4.69) is 10.6 Å². The maximum atomic E-state index is 12.8. The van der Waals surface area contributed by atoms with Crippen LogP contribution < -0.4 is 10.6 Å². The lowest BCUT2D eigenvalue weighted by atomic mass is 10.1. The third-order valence-electron chi connectivity index (χ3n) is 3.67. The van der Waals surface area contributed by atoms with Gasteiger partial charge in [-0.3, -0.25) is 0 Å². The number of urea groups is 1. The molecule has 7 heteroatoms. The van der Waals surface area contributed by atoms with Gasteiger partial charge >= 0.3 is 6.03 Å². The van der Waals surface area contributed by atoms with E-state index in [0.717, 1.165) is 5.56 Å². The molecule has 0 fully saturated rings. The molecule has 25 heavy (non-hydrogen) atoms. The Morgan fingerprint density at radius 1 is 1.08 bits per heavy atom. The van der Waals surface area contributed by atoms with E-state index in [-0.39, 0.29) is 16.4 Å². The lowest BCUT2D eigenvalue weighted by Gasteiger charge is -2.14. The second kappa shape index (κ2) is 8.11. The van der Waals surface area contributed by atoms with Crippen molar-refractivity contribution < 1.29 is 17.6 Å². The fourth-order valence-electron chi connectivity index (χ4n) is 2.21. The molecule has 0 aliphatic heterocycles. The molecule has 0 saturated carbocycles. The summed E-state index contributed by atoms with van der Waals surface area (Å²) in [7, 11) is -3.50. The number of rotatable bonds is 6. The Kier molecular flexibility index (Phi) is 6.14. The number of amides is 2. The molecule has 0 bridgehead atoms. The molecule has 0 unspecified atom stereocenters. The second-order valence-corrected chi connectivity index (χ2v) is 8.32. The Labute approximate surface area is 147 Å². The van der Waals surface area contributed by atoms with Crippen molar-refractivity contribution in [3.05, 3.63) is 59.9 Å². The maximum Gasteiger partial charge on any atom is 0.319 e. The summed E-state index contributed by atoms with van der Waals surface area (Å²) in [5.74, 6) is -0.308. The van der Waals surface area contributed by atoms with Crippen LogP contribution >= 0.6 is 0 Å². The van der Waals surface area contributed by atoms with Gasteiger partial charge in [0.2, 0.25) is 0 Å². The van der Waals surface area contributed by atoms with E-state index < -0.39 is 21.1 Å². The molecule has 134 valence electrons. The van der Waals surface area contributed by atoms with Gasteiger partial charge in [-0.25, -0.2) is 17.6 Å². The minimum absolute atomic E-state index is 0.0960. The predicted octanol–water partition coefficient (Wildman–Crippen LogP) is 3.37. The van der Waals surface area contributed by atoms with E-state index in [9.17, 15) is 17.6 Å². The summed E-state index contributed by atoms with van der Waals surface area (Å²) in [6.45, 7) is 3.53. The van der Waals surface area contributed by atoms with Gasteiger partial charge in [0.25, 0.3) is 0 Å². The van der Waals surface area contributed by atoms with Crippen LogP contribution in [0.1, 0.15) is 19.4 Å². The van der Waals surface area contributed by atoms with Crippen LogP contribution in [0.4, 0.5) is 14.9 Å². The van der Waals surface area contributed by atoms with Crippen LogP contribution in [-0.4, -0.2) is 26.2 Å². The van der Waals surface area contributed by atoms with Crippen molar-refractivity contribution in [1.82, 2.24) is 5.32 Å². The summed E-state index contributed by atoms with van der Waals surface area (Å²) in [4.78, 5) is 12.1. The predicted molar refractivity (Wildman–Crippen MR) is 95.9 cm³/mol. The van der Waals surface area contributed by atoms with Crippen LogP contribution in [0.3, 0.4) is 0 Å². The van der Waals surface area contributed by atoms with Crippen molar-refractivity contribution in [1.29, 1.82) is 0 Å². The zero-order valence-electron chi connectivity index (χ0n) is 14.1. The van der Waals surface area contributed by atoms with E-state index in [4.69, 9.17) is 0 Å². The molecule has 2 N–H and O–H groups in total. The molecule has 0 atom stereocenters. The molecule has 0 aliphatic carbocycles. The highest BCUT2D eigenvalue weighted by molar-refractivity contribution is 7.92. The first-order chi connectivity index (χ1) is 11.8. The third kappa shape index (κ3) is 5.03. The highest BCUT2D eigenvalue weighted by Gasteiger charge is 2.23. The van der Waals surface area contributed by atoms with Gasteiger partial charge in [-0.2, -0.15) is 0 Å². The molecule has 2 aromatic carbocycles. The summed E-state index contributed by atoms with van der Waals surface area (Å²) >= 11 is 0. The van der Waals surface area contributed by atoms with Crippen molar-refractivity contribution in [3.63, 3.8) is 0 Å². The van der Waals surface area contributed by atoms with E-state index in [0.29, 0.717) is 13.0 Å². The number of benzene rings is 2. The smallest absolute Gasteiger partial charge is 0.319 e. The van der Waals surface area contributed by atoms with Crippen LogP contribution in [-0.2, 0) is 16.3 Å². The number of para-hydroxylation sites is 1. The largest absolute Gasteiger partial charge is 0.338 e. The number of hydrogen-bond donors (Lipinski definition) is 2. The summed E-state index contributed by atoms with van der Waals surface area (Å²) in [6.07, 6.45) is 0.541. The Bertz CT molecular complexity index is 834. The van der Waals surface area contributed by atoms with Gasteiger partial charge in [-0.1, -0.05) is 24.3 Å². The fraction of sp³-hybridized carbons (Fsp3) is 0.278. The summed E-state index contributed by atoms with van der Waals surface area (Å²) < 4.78 is 37.6. The molecule has 0 aliphatic rings. The highest BCUT2D eigenvalue weighted by Crippen LogP contribution is 2.24. The molecule has 2 rings (SSSR count). The molecule has 0 heterocycles. The van der Waals surface area contributed by atoms with Crippen LogP contribution in [0, 0.1) is 5.82 Å². The molecule has 2 amide bonds. The summed E-state index contributed by atoms with van der Waals surface area (Å²) in [5, 5.41) is 4.66. The summed E-state index contributed by atoms with van der Waals surface area (Å²) in [6, 6.07) is 11.8. The lowest BCUT2D eigenvalue weighted by molar-refractivity contribution is 0.252. The standard InChI is InChI=1S/C18H21FN2O3S/c1-13(2)25(23,24)17-6-4-3-5-16(17)21-18(22)20-12-11-14-7-9-15(19)10-8-14/h3-10,13H,11-12H2,1-2H3,(H2,20,21,22). The van der Waals surface area contributed by atoms with Crippen molar-refractivity contribution >= 4 is 21.6 Å². The van der Waals surface area contributed by atoms with Crippen molar-refractivity contribution in [2.24, 2.45) is 0 Å². The molecular weight excluding hydrogens is 343 g/mol. The average molecular weight is 364 g/mol. The van der Waals surface area contributed by atoms with Gasteiger partial charge in [0.15, 0.2) is 9.84 Å². The number of anilines is 1. The Morgan fingerprint density at radius 3 is 2.36 bits per heavy atom. The molecular formula is C18H21FN2O3S. The summed E-state index contributed by atoms with van der Waals surface area (Å²) in [5.41, 5.74) is 1.14. The van der Waals surface area contributed by atoms with Crippen LogP contribution in [0.5, 0.6) is 0 Å². The number of sulfone groups is 1. The van der Waals surface area contributed by atoms with Crippen LogP contribution in [0.15, 0.2) is 53.4 Å². The molecule has 5 nitrogen and oxygen atoms in total. The zero-order chi connectivity index (χ0) is 18.4. The topological polar surface area (TPSA) is 75.3 Å². The first kappa shape index (κ1) is 18.9. The van der Waals surface area contributed by atoms with Gasteiger partial charge in [-0.05, 0) is 50.1 Å². The van der Waals surface area contributed by atoms with Crippen molar-refractivity contribution in [2.75, 3.05) is 11.9 Å². The maximum absolute atomic E-state index is 12.8. The number of carbonyl (C=O) groups is 1. The molecule has 0 radical (unpaired) electrons. The Balaban J connectivity index is 1.98. The number of nitrogens with one attached hydrogen (secondary N) is 2. The van der Waals surface area contributed by atoms with Gasteiger partial charge in [0.05, 0.1) is 15.8 Å². The lowest BCUT2D eigenvalue weighted by Crippen LogP contribution is -2.31.